The lowest BCUT2D eigenvalue weighted by Gasteiger charge is -2.31. The summed E-state index contributed by atoms with van der Waals surface area (Å²) in [7, 11) is -1.80. The van der Waals surface area contributed by atoms with Gasteiger partial charge in [0, 0.05) is 37.6 Å². The Morgan fingerprint density at radius 1 is 1.31 bits per heavy atom. The van der Waals surface area contributed by atoms with Gasteiger partial charge in [0.15, 0.2) is 0 Å². The molecule has 1 fully saturated rings. The van der Waals surface area contributed by atoms with Crippen molar-refractivity contribution >= 4 is 16.0 Å². The van der Waals surface area contributed by atoms with E-state index in [4.69, 9.17) is 4.74 Å². The summed E-state index contributed by atoms with van der Waals surface area (Å²) >= 11 is 0. The zero-order chi connectivity index (χ0) is 18.7. The van der Waals surface area contributed by atoms with Crippen LogP contribution >= 0.6 is 0 Å². The van der Waals surface area contributed by atoms with Gasteiger partial charge in [0.05, 0.1) is 18.9 Å². The van der Waals surface area contributed by atoms with Crippen molar-refractivity contribution in [3.63, 3.8) is 0 Å². The molecule has 0 N–H and O–H groups in total. The Hall–Kier alpha value is -2.19. The van der Waals surface area contributed by atoms with Crippen molar-refractivity contribution in [3.8, 4) is 11.4 Å². The highest BCUT2D eigenvalue weighted by Gasteiger charge is 2.26. The molecule has 0 spiro atoms. The van der Waals surface area contributed by atoms with Gasteiger partial charge < -0.3 is 9.30 Å². The standard InChI is InChI=1S/C18H23N3O4S/c1-25-18(22)16-7-5-15(6-8-16)17-19-9-11-20(17)12-14-4-3-10-21(13-14)26(2,23)24/h5-9,11,14H,3-4,10,12-13H2,1-2H3/t14-/m0/s1. The van der Waals surface area contributed by atoms with Crippen molar-refractivity contribution in [2.45, 2.75) is 19.4 Å². The predicted molar refractivity (Wildman–Crippen MR) is 98.1 cm³/mol. The molecule has 0 bridgehead atoms. The van der Waals surface area contributed by atoms with Crippen LogP contribution in [0.3, 0.4) is 0 Å². The zero-order valence-electron chi connectivity index (χ0n) is 15.0. The third-order valence-electron chi connectivity index (χ3n) is 4.69. The first kappa shape index (κ1) is 18.6. The molecule has 2 aromatic rings. The lowest BCUT2D eigenvalue weighted by atomic mass is 9.99. The minimum Gasteiger partial charge on any atom is -0.465 e. The molecule has 0 saturated carbocycles. The van der Waals surface area contributed by atoms with Crippen LogP contribution in [0.15, 0.2) is 36.7 Å². The van der Waals surface area contributed by atoms with Crippen LogP contribution < -0.4 is 0 Å². The number of rotatable bonds is 5. The van der Waals surface area contributed by atoms with Gasteiger partial charge in [-0.1, -0.05) is 12.1 Å². The Labute approximate surface area is 153 Å². The molecular formula is C18H23N3O4S. The number of sulfonamides is 1. The van der Waals surface area contributed by atoms with Crippen LogP contribution in [0.5, 0.6) is 0 Å². The number of carbonyl (C=O) groups is 1. The van der Waals surface area contributed by atoms with Gasteiger partial charge in [0.25, 0.3) is 0 Å². The van der Waals surface area contributed by atoms with Gasteiger partial charge in [-0.2, -0.15) is 0 Å². The molecule has 0 aliphatic carbocycles. The van der Waals surface area contributed by atoms with Gasteiger partial charge in [-0.25, -0.2) is 22.5 Å². The van der Waals surface area contributed by atoms with Gasteiger partial charge in [-0.05, 0) is 30.9 Å². The molecule has 1 aliphatic heterocycles. The lowest BCUT2D eigenvalue weighted by Crippen LogP contribution is -2.40. The minimum atomic E-state index is -3.15. The SMILES string of the molecule is COC(=O)c1ccc(-c2nccn2C[C@@H]2CCCN(S(C)(=O)=O)C2)cc1. The molecule has 3 rings (SSSR count). The lowest BCUT2D eigenvalue weighted by molar-refractivity contribution is 0.0600. The van der Waals surface area contributed by atoms with Crippen LogP contribution in [0.1, 0.15) is 23.2 Å². The Balaban J connectivity index is 1.75. The summed E-state index contributed by atoms with van der Waals surface area (Å²) < 4.78 is 31.9. The van der Waals surface area contributed by atoms with Crippen molar-refractivity contribution in [1.82, 2.24) is 13.9 Å². The van der Waals surface area contributed by atoms with E-state index in [0.29, 0.717) is 25.2 Å². The van der Waals surface area contributed by atoms with Crippen LogP contribution in [0.2, 0.25) is 0 Å². The van der Waals surface area contributed by atoms with Gasteiger partial charge in [-0.3, -0.25) is 0 Å². The van der Waals surface area contributed by atoms with E-state index in [9.17, 15) is 13.2 Å². The molecule has 1 atom stereocenters. The zero-order valence-corrected chi connectivity index (χ0v) is 15.8. The van der Waals surface area contributed by atoms with Gasteiger partial charge in [0.1, 0.15) is 5.82 Å². The number of hydrogen-bond donors (Lipinski definition) is 0. The number of aromatic nitrogens is 2. The van der Waals surface area contributed by atoms with Crippen LogP contribution in [-0.4, -0.2) is 54.7 Å². The fraction of sp³-hybridized carbons (Fsp3) is 0.444. The Kier molecular flexibility index (Phi) is 5.43. The third-order valence-corrected chi connectivity index (χ3v) is 5.95. The van der Waals surface area contributed by atoms with E-state index >= 15 is 0 Å². The molecule has 1 aromatic carbocycles. The van der Waals surface area contributed by atoms with Crippen molar-refractivity contribution < 1.29 is 17.9 Å². The molecule has 0 radical (unpaired) electrons. The number of carbonyl (C=O) groups excluding carboxylic acids is 1. The van der Waals surface area contributed by atoms with Crippen molar-refractivity contribution in [2.75, 3.05) is 26.5 Å². The molecule has 0 amide bonds. The molecule has 8 heteroatoms. The fourth-order valence-corrected chi connectivity index (χ4v) is 4.29. The molecule has 2 heterocycles. The normalized spacial score (nSPS) is 18.6. The van der Waals surface area contributed by atoms with Crippen molar-refractivity contribution in [1.29, 1.82) is 0 Å². The molecule has 7 nitrogen and oxygen atoms in total. The number of ether oxygens (including phenoxy) is 1. The summed E-state index contributed by atoms with van der Waals surface area (Å²) in [6.07, 6.45) is 6.77. The summed E-state index contributed by atoms with van der Waals surface area (Å²) in [5.74, 6) is 0.682. The van der Waals surface area contributed by atoms with Gasteiger partial charge >= 0.3 is 5.97 Å². The summed E-state index contributed by atoms with van der Waals surface area (Å²) in [6, 6.07) is 7.11. The summed E-state index contributed by atoms with van der Waals surface area (Å²) in [5, 5.41) is 0. The van der Waals surface area contributed by atoms with Crippen LogP contribution in [0, 0.1) is 5.92 Å². The first-order valence-electron chi connectivity index (χ1n) is 8.53. The van der Waals surface area contributed by atoms with E-state index in [1.54, 1.807) is 22.6 Å². The number of methoxy groups -OCH3 is 1. The summed E-state index contributed by atoms with van der Waals surface area (Å²) in [6.45, 7) is 1.85. The topological polar surface area (TPSA) is 81.5 Å². The maximum Gasteiger partial charge on any atom is 0.337 e. The van der Waals surface area contributed by atoms with E-state index in [1.807, 2.05) is 22.9 Å². The maximum absolute atomic E-state index is 11.8. The molecule has 1 saturated heterocycles. The molecular weight excluding hydrogens is 354 g/mol. The number of piperidine rings is 1. The monoisotopic (exact) mass is 377 g/mol. The first-order chi connectivity index (χ1) is 12.4. The van der Waals surface area contributed by atoms with Crippen LogP contribution in [0.4, 0.5) is 0 Å². The highest BCUT2D eigenvalue weighted by atomic mass is 32.2. The number of nitrogens with zero attached hydrogens (tertiary/aromatic N) is 3. The third kappa shape index (κ3) is 4.13. The second-order valence-electron chi connectivity index (χ2n) is 6.60. The van der Waals surface area contributed by atoms with E-state index < -0.39 is 10.0 Å². The van der Waals surface area contributed by atoms with Gasteiger partial charge in [0.2, 0.25) is 10.0 Å². The highest BCUT2D eigenvalue weighted by molar-refractivity contribution is 7.88. The van der Waals surface area contributed by atoms with E-state index in [0.717, 1.165) is 24.2 Å². The van der Waals surface area contributed by atoms with E-state index in [2.05, 4.69) is 4.98 Å². The second-order valence-corrected chi connectivity index (χ2v) is 8.58. The number of hydrogen-bond acceptors (Lipinski definition) is 5. The van der Waals surface area contributed by atoms with Crippen LogP contribution in [0.25, 0.3) is 11.4 Å². The molecule has 140 valence electrons. The van der Waals surface area contributed by atoms with Crippen molar-refractivity contribution in [2.24, 2.45) is 5.92 Å². The maximum atomic E-state index is 11.8. The number of benzene rings is 1. The van der Waals surface area contributed by atoms with E-state index in [-0.39, 0.29) is 11.9 Å². The quantitative estimate of drug-likeness (QED) is 0.745. The van der Waals surface area contributed by atoms with E-state index in [1.165, 1.54) is 13.4 Å². The smallest absolute Gasteiger partial charge is 0.337 e. The van der Waals surface area contributed by atoms with Gasteiger partial charge in [-0.15, -0.1) is 0 Å². The molecule has 0 unspecified atom stereocenters. The number of esters is 1. The second kappa shape index (κ2) is 7.59. The largest absolute Gasteiger partial charge is 0.465 e. The Morgan fingerprint density at radius 2 is 2.04 bits per heavy atom. The Morgan fingerprint density at radius 3 is 2.69 bits per heavy atom. The molecule has 1 aromatic heterocycles. The molecule has 1 aliphatic rings. The average Bonchev–Trinajstić information content (AvgIpc) is 3.09. The predicted octanol–water partition coefficient (Wildman–Crippen LogP) is 2.01. The summed E-state index contributed by atoms with van der Waals surface area (Å²) in [5.41, 5.74) is 1.39. The number of imidazole rings is 1. The fourth-order valence-electron chi connectivity index (χ4n) is 3.35. The highest BCUT2D eigenvalue weighted by Crippen LogP contribution is 2.24. The average molecular weight is 377 g/mol. The minimum absolute atomic E-state index is 0.251. The molecule has 26 heavy (non-hydrogen) atoms. The van der Waals surface area contributed by atoms with Crippen LogP contribution in [-0.2, 0) is 21.3 Å². The first-order valence-corrected chi connectivity index (χ1v) is 10.4. The summed E-state index contributed by atoms with van der Waals surface area (Å²) in [4.78, 5) is 16.0. The Bertz CT molecular complexity index is 874. The van der Waals surface area contributed by atoms with Crippen molar-refractivity contribution in [3.05, 3.63) is 42.2 Å².